The van der Waals surface area contributed by atoms with E-state index < -0.39 is 11.7 Å². The quantitative estimate of drug-likeness (QED) is 0.560. The Bertz CT molecular complexity index is 689. The zero-order valence-electron chi connectivity index (χ0n) is 13.3. The molecule has 0 aliphatic heterocycles. The summed E-state index contributed by atoms with van der Waals surface area (Å²) in [5.74, 6) is -2.27. The summed E-state index contributed by atoms with van der Waals surface area (Å²) in [5.41, 5.74) is 0.151. The highest BCUT2D eigenvalue weighted by molar-refractivity contribution is 8.00. The molecule has 0 unspecified atom stereocenters. The van der Waals surface area contributed by atoms with Crippen LogP contribution in [0.3, 0.4) is 0 Å². The van der Waals surface area contributed by atoms with Gasteiger partial charge in [0.2, 0.25) is 0 Å². The number of hydrogen-bond donors (Lipinski definition) is 0. The summed E-state index contributed by atoms with van der Waals surface area (Å²) in [7, 11) is 0. The molecule has 3 nitrogen and oxygen atoms in total. The molecule has 0 heterocycles. The van der Waals surface area contributed by atoms with Crippen LogP contribution in [0.4, 0.5) is 0 Å². The summed E-state index contributed by atoms with van der Waals surface area (Å²) in [6.45, 7) is 0. The van der Waals surface area contributed by atoms with Crippen LogP contribution < -0.4 is 0 Å². The summed E-state index contributed by atoms with van der Waals surface area (Å²) in [6.07, 6.45) is 5.84. The molecule has 1 aromatic carbocycles. The first-order valence-electron chi connectivity index (χ1n) is 7.98. The van der Waals surface area contributed by atoms with Crippen molar-refractivity contribution in [3.05, 3.63) is 33.8 Å². The van der Waals surface area contributed by atoms with Crippen molar-refractivity contribution in [2.75, 3.05) is 6.26 Å². The normalized spacial score (nSPS) is 26.1. The van der Waals surface area contributed by atoms with Crippen LogP contribution in [-0.4, -0.2) is 28.4 Å². The van der Waals surface area contributed by atoms with Crippen LogP contribution >= 0.6 is 35.0 Å². The van der Waals surface area contributed by atoms with E-state index in [1.165, 1.54) is 6.07 Å². The molecular weight excluding hydrogens is 367 g/mol. The highest BCUT2D eigenvalue weighted by Crippen LogP contribution is 2.52. The van der Waals surface area contributed by atoms with Gasteiger partial charge in [-0.25, -0.2) is 0 Å². The molecule has 6 heteroatoms. The lowest BCUT2D eigenvalue weighted by atomic mass is 9.65. The molecule has 2 aliphatic rings. The molecule has 2 fully saturated rings. The molecule has 2 saturated carbocycles. The number of ketones is 3. The number of thioether (sulfide) groups is 1. The average molecular weight is 385 g/mol. The minimum Gasteiger partial charge on any atom is -0.298 e. The van der Waals surface area contributed by atoms with E-state index >= 15 is 0 Å². The molecule has 1 aromatic rings. The average Bonchev–Trinajstić information content (AvgIpc) is 2.48. The van der Waals surface area contributed by atoms with Gasteiger partial charge in [0.25, 0.3) is 0 Å². The van der Waals surface area contributed by atoms with Gasteiger partial charge in [0.1, 0.15) is 5.92 Å². The van der Waals surface area contributed by atoms with Gasteiger partial charge < -0.3 is 0 Å². The Balaban J connectivity index is 1.83. The zero-order chi connectivity index (χ0) is 17.5. The predicted molar refractivity (Wildman–Crippen MR) is 97.1 cm³/mol. The molecular formula is C18H18Cl2O3S. The van der Waals surface area contributed by atoms with Gasteiger partial charge in [0.15, 0.2) is 17.3 Å². The second-order valence-corrected chi connectivity index (χ2v) is 8.57. The van der Waals surface area contributed by atoms with Gasteiger partial charge in [-0.2, -0.15) is 11.8 Å². The number of hydrogen-bond acceptors (Lipinski definition) is 4. The van der Waals surface area contributed by atoms with Crippen molar-refractivity contribution in [2.45, 2.75) is 36.9 Å². The largest absolute Gasteiger partial charge is 0.298 e. The molecule has 2 aliphatic carbocycles. The zero-order valence-corrected chi connectivity index (χ0v) is 15.6. The van der Waals surface area contributed by atoms with Gasteiger partial charge in [-0.1, -0.05) is 35.7 Å². The topological polar surface area (TPSA) is 51.2 Å². The second kappa shape index (κ2) is 6.81. The summed E-state index contributed by atoms with van der Waals surface area (Å²) in [6, 6.07) is 4.68. The Kier molecular flexibility index (Phi) is 5.10. The van der Waals surface area contributed by atoms with E-state index in [0.29, 0.717) is 12.8 Å². The number of benzene rings is 1. The Morgan fingerprint density at radius 3 is 2.29 bits per heavy atom. The molecule has 0 N–H and O–H groups in total. The molecule has 0 spiro atoms. The van der Waals surface area contributed by atoms with E-state index in [0.717, 1.165) is 19.3 Å². The van der Waals surface area contributed by atoms with Gasteiger partial charge >= 0.3 is 0 Å². The lowest BCUT2D eigenvalue weighted by Crippen LogP contribution is -2.49. The first kappa shape index (κ1) is 18.0. The molecule has 0 amide bonds. The Hall–Kier alpha value is -0.840. The maximum absolute atomic E-state index is 12.7. The fraction of sp³-hybridized carbons (Fsp3) is 0.500. The van der Waals surface area contributed by atoms with E-state index in [9.17, 15) is 14.4 Å². The minimum atomic E-state index is -1.23. The number of carbonyl (C=O) groups is 3. The van der Waals surface area contributed by atoms with Gasteiger partial charge in [0, 0.05) is 23.2 Å². The third-order valence-electron chi connectivity index (χ3n) is 5.37. The number of halogens is 2. The summed E-state index contributed by atoms with van der Waals surface area (Å²) < 4.78 is 0.0348. The van der Waals surface area contributed by atoms with Crippen molar-refractivity contribution in [3.8, 4) is 0 Å². The van der Waals surface area contributed by atoms with Gasteiger partial charge in [-0.15, -0.1) is 0 Å². The van der Waals surface area contributed by atoms with Gasteiger partial charge in [-0.3, -0.25) is 14.4 Å². The predicted octanol–water partition coefficient (Wildman–Crippen LogP) is 4.63. The van der Waals surface area contributed by atoms with E-state index in [1.54, 1.807) is 23.9 Å². The Morgan fingerprint density at radius 1 is 1.17 bits per heavy atom. The van der Waals surface area contributed by atoms with Crippen LogP contribution in [0.2, 0.25) is 10.0 Å². The van der Waals surface area contributed by atoms with Crippen molar-refractivity contribution in [3.63, 3.8) is 0 Å². The van der Waals surface area contributed by atoms with Crippen molar-refractivity contribution in [1.29, 1.82) is 0 Å². The molecule has 0 radical (unpaired) electrons. The maximum atomic E-state index is 12.7. The van der Waals surface area contributed by atoms with E-state index in [-0.39, 0.29) is 37.8 Å². The number of rotatable bonds is 4. The highest BCUT2D eigenvalue weighted by atomic mass is 35.5. The highest BCUT2D eigenvalue weighted by Gasteiger charge is 2.50. The molecule has 3 rings (SSSR count). The fourth-order valence-electron chi connectivity index (χ4n) is 3.79. The van der Waals surface area contributed by atoms with Crippen LogP contribution in [0.5, 0.6) is 0 Å². The van der Waals surface area contributed by atoms with Crippen LogP contribution in [0, 0.1) is 11.8 Å². The first-order chi connectivity index (χ1) is 11.4. The van der Waals surface area contributed by atoms with Crippen LogP contribution in [0.15, 0.2) is 18.2 Å². The van der Waals surface area contributed by atoms with E-state index in [1.807, 2.05) is 6.26 Å². The summed E-state index contributed by atoms with van der Waals surface area (Å²) >= 11 is 13.8. The van der Waals surface area contributed by atoms with Crippen molar-refractivity contribution in [1.82, 2.24) is 0 Å². The minimum absolute atomic E-state index is 0.0348. The molecule has 0 aromatic heterocycles. The third-order valence-corrected chi connectivity index (χ3v) is 7.74. The summed E-state index contributed by atoms with van der Waals surface area (Å²) in [4.78, 5) is 37.9. The first-order valence-corrected chi connectivity index (χ1v) is 9.96. The van der Waals surface area contributed by atoms with Crippen LogP contribution in [0.1, 0.15) is 42.5 Å². The second-order valence-electron chi connectivity index (χ2n) is 6.56. The van der Waals surface area contributed by atoms with E-state index in [2.05, 4.69) is 0 Å². The van der Waals surface area contributed by atoms with Crippen LogP contribution in [0.25, 0.3) is 0 Å². The number of carbonyl (C=O) groups excluding carboxylic acids is 3. The van der Waals surface area contributed by atoms with Gasteiger partial charge in [0.05, 0.1) is 10.0 Å². The molecule has 0 bridgehead atoms. The lowest BCUT2D eigenvalue weighted by Gasteiger charge is -2.48. The smallest absolute Gasteiger partial charge is 0.182 e. The summed E-state index contributed by atoms with van der Waals surface area (Å²) in [5, 5.41) is 0.346. The van der Waals surface area contributed by atoms with Crippen molar-refractivity contribution < 1.29 is 14.4 Å². The SMILES string of the molecule is CSC1(C2CC(=O)C(C(=O)c3cccc(Cl)c3Cl)C(=O)C2)CCC1. The standard InChI is InChI=1S/C18H18Cl2O3S/c1-24-18(6-3-7-18)10-8-13(21)15(14(22)9-10)17(23)11-4-2-5-12(19)16(11)20/h2,4-5,10,15H,3,6-9H2,1H3. The lowest BCUT2D eigenvalue weighted by molar-refractivity contribution is -0.136. The molecule has 24 heavy (non-hydrogen) atoms. The van der Waals surface area contributed by atoms with Crippen LogP contribution in [-0.2, 0) is 9.59 Å². The molecule has 128 valence electrons. The van der Waals surface area contributed by atoms with Gasteiger partial charge in [-0.05, 0) is 37.1 Å². The van der Waals surface area contributed by atoms with E-state index in [4.69, 9.17) is 23.2 Å². The Labute approximate surface area is 155 Å². The van der Waals surface area contributed by atoms with Crippen molar-refractivity contribution in [2.24, 2.45) is 11.8 Å². The maximum Gasteiger partial charge on any atom is 0.182 e. The fourth-order valence-corrected chi connectivity index (χ4v) is 5.38. The molecule has 0 atom stereocenters. The third kappa shape index (κ3) is 2.93. The molecule has 0 saturated heterocycles. The monoisotopic (exact) mass is 384 g/mol. The van der Waals surface area contributed by atoms with Crippen molar-refractivity contribution >= 4 is 52.3 Å². The Morgan fingerprint density at radius 2 is 1.79 bits per heavy atom. The number of Topliss-reactive ketones (excluding diaryl/α,β-unsaturated/α-hetero) is 3.